The number of phenols is 1. The number of amides is 16. The van der Waals surface area contributed by atoms with Crippen LogP contribution in [0.15, 0.2) is 85.2 Å². The van der Waals surface area contributed by atoms with Crippen molar-refractivity contribution in [3.05, 3.63) is 102 Å². The van der Waals surface area contributed by atoms with E-state index in [1.165, 1.54) is 24.3 Å². The van der Waals surface area contributed by atoms with Gasteiger partial charge in [0.15, 0.2) is 0 Å². The molecule has 16 amide bonds. The molecule has 1 aliphatic heterocycles. The average molecular weight is 1950 g/mol. The molecule has 33 N–H and O–H groups in total. The number of aromatic hydroxyl groups is 1. The van der Waals surface area contributed by atoms with Crippen LogP contribution in [0.2, 0.25) is 0 Å². The Morgan fingerprint density at radius 3 is 1.29 bits per heavy atom. The number of hydrogen-bond donors (Lipinski definition) is 28. The van der Waals surface area contributed by atoms with Crippen molar-refractivity contribution < 1.29 is 132 Å². The molecule has 1 saturated heterocycles. The normalized spacial score (nSPS) is 15.6. The molecule has 0 bridgehead atoms. The number of fused-ring (bicyclic) bond motifs is 2. The van der Waals surface area contributed by atoms with Gasteiger partial charge in [-0.2, -0.15) is 0 Å². The van der Waals surface area contributed by atoms with E-state index in [1.54, 1.807) is 88.6 Å². The molecule has 0 unspecified atom stereocenters. The van der Waals surface area contributed by atoms with Crippen LogP contribution in [0.4, 0.5) is 0 Å². The molecule has 0 spiro atoms. The quantitative estimate of drug-likeness (QED) is 0.0161. The molecule has 0 radical (unpaired) electrons. The first-order valence-corrected chi connectivity index (χ1v) is 45.7. The molecule has 6 rings (SSSR count). The van der Waals surface area contributed by atoms with Crippen LogP contribution in [0.3, 0.4) is 0 Å². The molecule has 16 atom stereocenters. The number of aromatic amines is 2. The fraction of sp³-hybridized carbons (Fsp3) is 0.533. The van der Waals surface area contributed by atoms with E-state index < -0.39 is 267 Å². The molecular formula is C90H130N22O27. The van der Waals surface area contributed by atoms with Crippen molar-refractivity contribution in [1.29, 1.82) is 0 Å². The summed E-state index contributed by atoms with van der Waals surface area (Å²) in [6.07, 6.45) is -1.20. The maximum Gasteiger partial charge on any atom is 0.328 e. The first-order chi connectivity index (χ1) is 66.0. The highest BCUT2D eigenvalue weighted by Gasteiger charge is 2.43. The van der Waals surface area contributed by atoms with Gasteiger partial charge in [0.05, 0.1) is 51.5 Å². The number of likely N-dealkylation sites (tertiary alicyclic amines) is 1. The number of carboxylic acids is 4. The van der Waals surface area contributed by atoms with E-state index in [1.807, 2.05) is 0 Å². The number of benzene rings is 3. The van der Waals surface area contributed by atoms with Gasteiger partial charge in [-0.15, -0.1) is 0 Å². The van der Waals surface area contributed by atoms with E-state index in [0.29, 0.717) is 39.4 Å². The Kier molecular flexibility index (Phi) is 46.5. The minimum absolute atomic E-state index is 0.0461. The van der Waals surface area contributed by atoms with Gasteiger partial charge in [-0.05, 0) is 149 Å². The Morgan fingerprint density at radius 2 is 0.835 bits per heavy atom. The van der Waals surface area contributed by atoms with Gasteiger partial charge in [0.25, 0.3) is 0 Å². The molecule has 49 heteroatoms. The summed E-state index contributed by atoms with van der Waals surface area (Å²) in [4.78, 5) is 283. The summed E-state index contributed by atoms with van der Waals surface area (Å²) in [5.41, 5.74) is 31.1. The zero-order valence-corrected chi connectivity index (χ0v) is 77.6. The Hall–Kier alpha value is -14.3. The summed E-state index contributed by atoms with van der Waals surface area (Å²) in [6.45, 7) is 3.66. The second-order valence-corrected chi connectivity index (χ2v) is 34.3. The molecule has 5 aromatic rings. The van der Waals surface area contributed by atoms with E-state index in [4.69, 9.17) is 28.7 Å². The minimum atomic E-state index is -2.13. The molecule has 762 valence electrons. The van der Waals surface area contributed by atoms with Gasteiger partial charge in [0.2, 0.25) is 94.5 Å². The average Bonchev–Trinajstić information content (AvgIpc) is 1.67. The van der Waals surface area contributed by atoms with Crippen LogP contribution in [-0.2, 0) is 115 Å². The number of aliphatic carboxylic acids is 4. The number of unbranched alkanes of at least 4 members (excludes halogenated alkanes) is 3. The molecule has 3 heterocycles. The second kappa shape index (κ2) is 57.0. The maximum atomic E-state index is 15.1. The SMILES string of the molecule is CC[C@H](C)[C@H](NC(=O)[C@@H](N)CC(=O)O)C(=O)N[C@@H](Cc1c[nH]c2ccccc12)C(=O)N[C@@H](Cc1c[nH]c2ccccc12)C(=O)N[C@@H](CC(=O)O)C(=O)NCC(=O)N[C@@H](CCCCN)C(=O)N[C@@H](CCCCN)C(=O)N[C@@H](CC(=O)O)C(=O)N[C@@H](Cc1ccc(O)cc1)C(=O)N[C@@H](CC(N)=O)C(=O)N1CCC[C@H]1C(=O)N[C@@H](CO)C(=O)N[C@@H](CC(C)C)C(=O)N[C@@H](CCCCN)C(=O)N[C@@H](CO)C(=O)O. The lowest BCUT2D eigenvalue weighted by Crippen LogP contribution is -2.61. The van der Waals surface area contributed by atoms with Crippen molar-refractivity contribution in [2.75, 3.05) is 45.9 Å². The number of carbonyl (C=O) groups excluding carboxylic acids is 16. The second-order valence-electron chi connectivity index (χ2n) is 34.3. The van der Waals surface area contributed by atoms with Crippen molar-refractivity contribution >= 4 is 140 Å². The molecule has 0 saturated carbocycles. The predicted molar refractivity (Wildman–Crippen MR) is 497 cm³/mol. The van der Waals surface area contributed by atoms with Crippen LogP contribution in [-0.4, -0.2) is 306 Å². The fourth-order valence-electron chi connectivity index (χ4n) is 15.3. The third kappa shape index (κ3) is 36.6. The number of nitrogens with one attached hydrogen (secondary N) is 16. The van der Waals surface area contributed by atoms with Gasteiger partial charge in [-0.25, -0.2) is 4.79 Å². The van der Waals surface area contributed by atoms with Gasteiger partial charge in [-0.3, -0.25) is 91.1 Å². The summed E-state index contributed by atoms with van der Waals surface area (Å²) in [7, 11) is 0. The smallest absolute Gasteiger partial charge is 0.328 e. The number of H-pyrrole nitrogens is 2. The van der Waals surface area contributed by atoms with Crippen LogP contribution in [0.1, 0.15) is 154 Å². The largest absolute Gasteiger partial charge is 0.508 e. The van der Waals surface area contributed by atoms with E-state index in [2.05, 4.69) is 84.4 Å². The number of nitrogens with zero attached hydrogens (tertiary/aromatic N) is 1. The molecule has 1 aliphatic rings. The number of aliphatic hydroxyl groups is 2. The maximum absolute atomic E-state index is 15.1. The molecule has 3 aromatic carbocycles. The topological polar surface area (TPSA) is 816 Å². The van der Waals surface area contributed by atoms with Crippen LogP contribution in [0.25, 0.3) is 21.8 Å². The van der Waals surface area contributed by atoms with Crippen molar-refractivity contribution in [1.82, 2.24) is 89.3 Å². The molecule has 49 nitrogen and oxygen atoms in total. The van der Waals surface area contributed by atoms with Crippen molar-refractivity contribution in [2.45, 2.75) is 247 Å². The number of hydrogen-bond acceptors (Lipinski definition) is 27. The summed E-state index contributed by atoms with van der Waals surface area (Å²) in [5, 5.41) is 105. The van der Waals surface area contributed by atoms with Crippen molar-refractivity contribution in [2.24, 2.45) is 40.5 Å². The number of aliphatic hydroxyl groups excluding tert-OH is 2. The van der Waals surface area contributed by atoms with E-state index in [0.717, 1.165) is 4.90 Å². The minimum Gasteiger partial charge on any atom is -0.508 e. The molecule has 139 heavy (non-hydrogen) atoms. The molecular weight excluding hydrogens is 1820 g/mol. The lowest BCUT2D eigenvalue weighted by molar-refractivity contribution is -0.144. The lowest BCUT2D eigenvalue weighted by Gasteiger charge is -2.31. The van der Waals surface area contributed by atoms with Crippen LogP contribution in [0.5, 0.6) is 5.75 Å². The molecule has 2 aromatic heterocycles. The zero-order chi connectivity index (χ0) is 103. The Balaban J connectivity index is 1.20. The summed E-state index contributed by atoms with van der Waals surface area (Å²) in [6, 6.07) is -6.64. The Morgan fingerprint density at radius 1 is 0.432 bits per heavy atom. The number of carboxylic acid groups (broad SMARTS) is 4. The van der Waals surface area contributed by atoms with Crippen LogP contribution < -0.4 is 103 Å². The van der Waals surface area contributed by atoms with Crippen LogP contribution in [0, 0.1) is 11.8 Å². The summed E-state index contributed by atoms with van der Waals surface area (Å²) < 4.78 is 0. The molecule has 0 aliphatic carbocycles. The van der Waals surface area contributed by atoms with E-state index >= 15 is 4.79 Å². The number of para-hydroxylation sites is 2. The van der Waals surface area contributed by atoms with Gasteiger partial charge in [0, 0.05) is 60.0 Å². The number of carbonyl (C=O) groups is 20. The zero-order valence-electron chi connectivity index (χ0n) is 77.6. The third-order valence-electron chi connectivity index (χ3n) is 23.0. The van der Waals surface area contributed by atoms with E-state index in [9.17, 15) is 127 Å². The van der Waals surface area contributed by atoms with Gasteiger partial charge in [0.1, 0.15) is 90.3 Å². The lowest BCUT2D eigenvalue weighted by atomic mass is 9.96. The highest BCUT2D eigenvalue weighted by atomic mass is 16.4. The van der Waals surface area contributed by atoms with E-state index in [-0.39, 0.29) is 133 Å². The fourth-order valence-corrected chi connectivity index (χ4v) is 15.3. The Bertz CT molecular complexity index is 5110. The molecule has 1 fully saturated rings. The number of primary amides is 1. The highest BCUT2D eigenvalue weighted by molar-refractivity contribution is 6.03. The van der Waals surface area contributed by atoms with Crippen molar-refractivity contribution in [3.63, 3.8) is 0 Å². The number of phenolic OH excluding ortho intramolecular Hbond substituents is 1. The highest BCUT2D eigenvalue weighted by Crippen LogP contribution is 2.25. The van der Waals surface area contributed by atoms with Crippen molar-refractivity contribution in [3.8, 4) is 5.75 Å². The monoisotopic (exact) mass is 1950 g/mol. The third-order valence-corrected chi connectivity index (χ3v) is 23.0. The van der Waals surface area contributed by atoms with Gasteiger partial charge >= 0.3 is 23.9 Å². The summed E-state index contributed by atoms with van der Waals surface area (Å²) >= 11 is 0. The number of nitrogens with two attached hydrogens (primary N) is 5. The Labute approximate surface area is 798 Å². The summed E-state index contributed by atoms with van der Waals surface area (Å²) in [5.74, 6) is -25.3. The predicted octanol–water partition coefficient (Wildman–Crippen LogP) is -6.03. The van der Waals surface area contributed by atoms with Crippen LogP contribution >= 0.6 is 0 Å². The van der Waals surface area contributed by atoms with Gasteiger partial charge in [-0.1, -0.05) is 82.6 Å². The first kappa shape index (κ1) is 113. The standard InChI is InChI=1S/C90H130N22O27/c1-5-47(4)75(111-76(124)54(94)37-72(118)119)88(136)107-63(36-50-42-97-56-20-9-7-18-53(50)56)84(132)104-62(35-49-41-96-55-19-8-6-17-52(49)55)83(131)105-64(39-73(120)121)77(125)98-43-71(117)99-57(21-10-13-29-91)78(126)100-58(22-11-14-30-92)79(127)106-65(40-74(122)123)85(133)103-61(34-48-25-27-51(115)28-26-48)82(130)108-66(38-70(95)116)89(137)112-32-16-24-69(112)87(135)109-67(44-113)86(134)102-60(33-46(2)3)81(129)101-59(23-12-15-31-93)80(128)110-68(45-114)90(138)139/h6-9,17-20,25-28,41-42,46-47,54,57-69,75,96-97,113-115H,5,10-16,21-24,29-40,43-45,91-94H2,1-4H3,(H2,95,116)(H,98,125)(H,99,117)(H,100,126)(H,101,129)(H,102,134)(H,103,133)(H,104,132)(H,105,131)(H,106,127)(H,107,136)(H,108,130)(H,109,135)(H,110,128)(H,111,124)(H,118,119)(H,120,121)(H,122,123)(H,138,139)/t47-,54-,57-,58-,59-,60-,61-,62-,63-,64-,65-,66-,67-,68-,69-,75-/m0/s1. The number of aromatic nitrogens is 2. The van der Waals surface area contributed by atoms with Gasteiger partial charge < -0.3 is 154 Å². The first-order valence-electron chi connectivity index (χ1n) is 45.7. The number of rotatable bonds is 62.